The maximum absolute atomic E-state index is 11.1. The number of rotatable bonds is 4. The number of thiol groups is 1. The van der Waals surface area contributed by atoms with Crippen molar-refractivity contribution < 1.29 is 15.0 Å². The van der Waals surface area contributed by atoms with Crippen molar-refractivity contribution in [3.8, 4) is 0 Å². The van der Waals surface area contributed by atoms with Crippen LogP contribution in [0.4, 0.5) is 0 Å². The lowest BCUT2D eigenvalue weighted by Crippen LogP contribution is -2.20. The van der Waals surface area contributed by atoms with Gasteiger partial charge >= 0.3 is 0 Å². The predicted octanol–water partition coefficient (Wildman–Crippen LogP) is 1.27. The van der Waals surface area contributed by atoms with Gasteiger partial charge in [-0.15, -0.1) is 11.3 Å². The van der Waals surface area contributed by atoms with E-state index >= 15 is 0 Å². The number of hydrogen-bond donors (Lipinski definition) is 3. The highest BCUT2D eigenvalue weighted by Gasteiger charge is 2.22. The molecule has 0 spiro atoms. The normalized spacial score (nSPS) is 15.1. The fourth-order valence-electron chi connectivity index (χ4n) is 1.15. The van der Waals surface area contributed by atoms with Gasteiger partial charge in [0.05, 0.1) is 11.0 Å². The summed E-state index contributed by atoms with van der Waals surface area (Å²) >= 11 is 5.15. The number of carbonyl (C=O) groups is 1. The number of thiophene rings is 1. The van der Waals surface area contributed by atoms with Gasteiger partial charge in [0, 0.05) is 11.3 Å². The van der Waals surface area contributed by atoms with Gasteiger partial charge in [0.2, 0.25) is 0 Å². The topological polar surface area (TPSA) is 57.5 Å². The third-order valence-electron chi connectivity index (χ3n) is 1.89. The Bertz CT molecular complexity index is 322. The Balaban J connectivity index is 2.94. The first-order valence-electron chi connectivity index (χ1n) is 4.13. The molecule has 0 fully saturated rings. The van der Waals surface area contributed by atoms with Crippen molar-refractivity contribution in [3.05, 3.63) is 21.9 Å². The van der Waals surface area contributed by atoms with E-state index in [0.29, 0.717) is 10.4 Å². The lowest BCUT2D eigenvalue weighted by atomic mass is 10.1. The Morgan fingerprint density at radius 2 is 2.29 bits per heavy atom. The lowest BCUT2D eigenvalue weighted by Gasteiger charge is -2.15. The molecule has 0 saturated carbocycles. The Labute approximate surface area is 91.8 Å². The summed E-state index contributed by atoms with van der Waals surface area (Å²) in [6, 6.07) is 1.65. The quantitative estimate of drug-likeness (QED) is 0.541. The molecule has 3 nitrogen and oxygen atoms in total. The molecular weight excluding hydrogens is 220 g/mol. The van der Waals surface area contributed by atoms with E-state index in [1.807, 2.05) is 0 Å². The van der Waals surface area contributed by atoms with Crippen LogP contribution in [0.5, 0.6) is 0 Å². The zero-order valence-electron chi connectivity index (χ0n) is 7.67. The summed E-state index contributed by atoms with van der Waals surface area (Å²) in [5.41, 5.74) is 0.490. The van der Waals surface area contributed by atoms with E-state index in [4.69, 9.17) is 0 Å². The lowest BCUT2D eigenvalue weighted by molar-refractivity contribution is 0.0335. The third-order valence-corrected chi connectivity index (χ3v) is 3.29. The zero-order valence-corrected chi connectivity index (χ0v) is 9.39. The highest BCUT2D eigenvalue weighted by Crippen LogP contribution is 2.26. The van der Waals surface area contributed by atoms with Crippen molar-refractivity contribution in [2.75, 3.05) is 5.75 Å². The van der Waals surface area contributed by atoms with Gasteiger partial charge in [-0.05, 0) is 18.4 Å². The Hall–Kier alpha value is -0.360. The minimum absolute atomic E-state index is 0.0968. The molecule has 2 unspecified atom stereocenters. The van der Waals surface area contributed by atoms with Crippen LogP contribution in [0.1, 0.15) is 28.3 Å². The van der Waals surface area contributed by atoms with E-state index in [-0.39, 0.29) is 11.5 Å². The summed E-state index contributed by atoms with van der Waals surface area (Å²) in [6.45, 7) is 1.44. The zero-order chi connectivity index (χ0) is 10.7. The van der Waals surface area contributed by atoms with Gasteiger partial charge in [0.1, 0.15) is 6.10 Å². The SMILES string of the molecule is CC(=O)c1sccc1C(O)C(O)CS. The largest absolute Gasteiger partial charge is 0.389 e. The minimum Gasteiger partial charge on any atom is -0.389 e. The van der Waals surface area contributed by atoms with Gasteiger partial charge < -0.3 is 10.2 Å². The molecule has 1 heterocycles. The highest BCUT2D eigenvalue weighted by atomic mass is 32.1. The third kappa shape index (κ3) is 2.36. The van der Waals surface area contributed by atoms with Crippen LogP contribution in [-0.2, 0) is 0 Å². The summed E-state index contributed by atoms with van der Waals surface area (Å²) in [5, 5.41) is 20.8. The Morgan fingerprint density at radius 1 is 1.64 bits per heavy atom. The van der Waals surface area contributed by atoms with Crippen LogP contribution < -0.4 is 0 Å². The number of carbonyl (C=O) groups excluding carboxylic acids is 1. The van der Waals surface area contributed by atoms with Crippen LogP contribution in [0.3, 0.4) is 0 Å². The number of hydrogen-bond acceptors (Lipinski definition) is 5. The Morgan fingerprint density at radius 3 is 2.79 bits per heavy atom. The van der Waals surface area contributed by atoms with Crippen molar-refractivity contribution in [3.63, 3.8) is 0 Å². The smallest absolute Gasteiger partial charge is 0.170 e. The first-order valence-corrected chi connectivity index (χ1v) is 5.64. The fraction of sp³-hybridized carbons (Fsp3) is 0.444. The van der Waals surface area contributed by atoms with Crippen molar-refractivity contribution >= 4 is 29.7 Å². The molecule has 0 amide bonds. The van der Waals surface area contributed by atoms with Crippen molar-refractivity contribution in [2.24, 2.45) is 0 Å². The first kappa shape index (κ1) is 11.7. The summed E-state index contributed by atoms with van der Waals surface area (Å²) in [5.74, 6) is 0.0642. The molecule has 0 aromatic carbocycles. The molecule has 5 heteroatoms. The second kappa shape index (κ2) is 4.93. The van der Waals surface area contributed by atoms with Gasteiger partial charge in [-0.1, -0.05) is 0 Å². The molecule has 0 bridgehead atoms. The first-order chi connectivity index (χ1) is 6.57. The van der Waals surface area contributed by atoms with E-state index in [9.17, 15) is 15.0 Å². The molecule has 2 N–H and O–H groups in total. The van der Waals surface area contributed by atoms with Gasteiger partial charge in [-0.25, -0.2) is 0 Å². The van der Waals surface area contributed by atoms with Crippen molar-refractivity contribution in [1.29, 1.82) is 0 Å². The molecule has 0 aliphatic heterocycles. The second-order valence-electron chi connectivity index (χ2n) is 2.96. The average molecular weight is 232 g/mol. The molecule has 0 radical (unpaired) electrons. The molecule has 0 aliphatic carbocycles. The van der Waals surface area contributed by atoms with E-state index in [1.54, 1.807) is 11.4 Å². The van der Waals surface area contributed by atoms with Crippen LogP contribution in [0, 0.1) is 0 Å². The molecule has 2 atom stereocenters. The van der Waals surface area contributed by atoms with Gasteiger partial charge in [0.25, 0.3) is 0 Å². The van der Waals surface area contributed by atoms with Crippen LogP contribution in [0.15, 0.2) is 11.4 Å². The minimum atomic E-state index is -1.03. The maximum atomic E-state index is 11.1. The molecule has 0 aliphatic rings. The number of ketones is 1. The predicted molar refractivity (Wildman–Crippen MR) is 59.1 cm³/mol. The van der Waals surface area contributed by atoms with Crippen LogP contribution in [0.2, 0.25) is 0 Å². The summed E-state index contributed by atoms with van der Waals surface area (Å²) in [4.78, 5) is 11.6. The maximum Gasteiger partial charge on any atom is 0.170 e. The van der Waals surface area contributed by atoms with Gasteiger partial charge in [-0.2, -0.15) is 12.6 Å². The van der Waals surface area contributed by atoms with E-state index in [0.717, 1.165) is 0 Å². The molecule has 1 aromatic rings. The summed E-state index contributed by atoms with van der Waals surface area (Å²) in [6.07, 6.45) is -1.97. The summed E-state index contributed by atoms with van der Waals surface area (Å²) < 4.78 is 0. The van der Waals surface area contributed by atoms with Gasteiger partial charge in [0.15, 0.2) is 5.78 Å². The number of Topliss-reactive ketones (excluding diaryl/α,β-unsaturated/α-hetero) is 1. The number of aliphatic hydroxyl groups is 2. The molecule has 78 valence electrons. The molecule has 1 rings (SSSR count). The molecule has 1 aromatic heterocycles. The Kier molecular flexibility index (Phi) is 4.12. The van der Waals surface area contributed by atoms with Crippen LogP contribution in [0.25, 0.3) is 0 Å². The van der Waals surface area contributed by atoms with E-state index < -0.39 is 12.2 Å². The standard InChI is InChI=1S/C9H12O3S2/c1-5(10)9-6(2-3-14-9)8(12)7(11)4-13/h2-3,7-8,11-13H,4H2,1H3. The summed E-state index contributed by atoms with van der Waals surface area (Å²) in [7, 11) is 0. The van der Waals surface area contributed by atoms with Crippen LogP contribution in [-0.4, -0.2) is 27.9 Å². The van der Waals surface area contributed by atoms with E-state index in [2.05, 4.69) is 12.6 Å². The number of aliphatic hydroxyl groups excluding tert-OH is 2. The average Bonchev–Trinajstić information content (AvgIpc) is 2.63. The van der Waals surface area contributed by atoms with Crippen molar-refractivity contribution in [1.82, 2.24) is 0 Å². The molecule has 14 heavy (non-hydrogen) atoms. The van der Waals surface area contributed by atoms with Crippen LogP contribution >= 0.6 is 24.0 Å². The monoisotopic (exact) mass is 232 g/mol. The fourth-order valence-corrected chi connectivity index (χ4v) is 2.19. The molecular formula is C9H12O3S2. The van der Waals surface area contributed by atoms with E-state index in [1.165, 1.54) is 18.3 Å². The highest BCUT2D eigenvalue weighted by molar-refractivity contribution is 7.80. The van der Waals surface area contributed by atoms with Gasteiger partial charge in [-0.3, -0.25) is 4.79 Å². The molecule has 0 saturated heterocycles. The second-order valence-corrected chi connectivity index (χ2v) is 4.24. The van der Waals surface area contributed by atoms with Crippen molar-refractivity contribution in [2.45, 2.75) is 19.1 Å².